The van der Waals surface area contributed by atoms with E-state index in [-0.39, 0.29) is 5.91 Å². The second kappa shape index (κ2) is 8.54. The number of anilines is 1. The number of carbonyl (C=O) groups excluding carboxylic acids is 1. The van der Waals surface area contributed by atoms with Crippen LogP contribution in [0.1, 0.15) is 5.56 Å². The number of nitrogens with zero attached hydrogens (tertiary/aromatic N) is 4. The minimum atomic E-state index is -0.0278. The molecule has 33 heavy (non-hydrogen) atoms. The minimum Gasteiger partial charge on any atom is -0.481 e. The van der Waals surface area contributed by atoms with Gasteiger partial charge in [-0.05, 0) is 41.0 Å². The Hall–Kier alpha value is -3.93. The van der Waals surface area contributed by atoms with Gasteiger partial charge < -0.3 is 14.5 Å². The molecule has 0 saturated carbocycles. The first-order valence-electron chi connectivity index (χ1n) is 11.1. The van der Waals surface area contributed by atoms with Gasteiger partial charge in [0, 0.05) is 44.0 Å². The van der Waals surface area contributed by atoms with E-state index < -0.39 is 0 Å². The molecule has 0 atom stereocenters. The van der Waals surface area contributed by atoms with Crippen LogP contribution in [-0.4, -0.2) is 54.1 Å². The molecule has 0 radical (unpaired) electrons. The number of amides is 1. The van der Waals surface area contributed by atoms with Crippen molar-refractivity contribution in [3.05, 3.63) is 72.9 Å². The molecule has 166 valence electrons. The van der Waals surface area contributed by atoms with E-state index in [1.54, 1.807) is 7.11 Å². The van der Waals surface area contributed by atoms with Gasteiger partial charge in [0.2, 0.25) is 11.8 Å². The summed E-state index contributed by atoms with van der Waals surface area (Å²) in [5.74, 6) is 0.523. The summed E-state index contributed by atoms with van der Waals surface area (Å²) in [6.07, 6.45) is 3.30. The number of rotatable bonds is 4. The lowest BCUT2D eigenvalue weighted by atomic mass is 9.96. The highest BCUT2D eigenvalue weighted by Crippen LogP contribution is 2.35. The van der Waals surface area contributed by atoms with Gasteiger partial charge in [0.1, 0.15) is 5.52 Å². The summed E-state index contributed by atoms with van der Waals surface area (Å²) < 4.78 is 5.52. The zero-order valence-corrected chi connectivity index (χ0v) is 18.9. The molecule has 1 fully saturated rings. The summed E-state index contributed by atoms with van der Waals surface area (Å²) in [5, 5.41) is 2.44. The summed E-state index contributed by atoms with van der Waals surface area (Å²) in [6, 6.07) is 16.7. The third-order valence-electron chi connectivity index (χ3n) is 6.34. The van der Waals surface area contributed by atoms with Gasteiger partial charge in [-0.1, -0.05) is 43.0 Å². The topological polar surface area (TPSA) is 58.6 Å². The fourth-order valence-electron chi connectivity index (χ4n) is 4.63. The molecular formula is C27H26N4O2. The Kier molecular flexibility index (Phi) is 5.42. The maximum Gasteiger partial charge on any atom is 0.246 e. The van der Waals surface area contributed by atoms with Crippen LogP contribution in [0.3, 0.4) is 0 Å². The van der Waals surface area contributed by atoms with E-state index in [0.29, 0.717) is 32.1 Å². The van der Waals surface area contributed by atoms with Crippen molar-refractivity contribution in [2.45, 2.75) is 6.92 Å². The molecule has 2 aromatic carbocycles. The third-order valence-corrected chi connectivity index (χ3v) is 6.34. The Morgan fingerprint density at radius 2 is 1.85 bits per heavy atom. The average molecular weight is 439 g/mol. The fraction of sp³-hybridized carbons (Fsp3) is 0.222. The van der Waals surface area contributed by atoms with Crippen LogP contribution in [0.2, 0.25) is 0 Å². The van der Waals surface area contributed by atoms with Crippen molar-refractivity contribution in [3.63, 3.8) is 0 Å². The first-order chi connectivity index (χ1) is 16.1. The number of pyridine rings is 2. The normalized spacial score (nSPS) is 14.0. The number of carbonyl (C=O) groups is 1. The van der Waals surface area contributed by atoms with Crippen molar-refractivity contribution >= 4 is 33.4 Å². The molecule has 1 aliphatic rings. The van der Waals surface area contributed by atoms with Gasteiger partial charge in [-0.2, -0.15) is 0 Å². The lowest BCUT2D eigenvalue weighted by Gasteiger charge is -2.36. The molecular weight excluding hydrogens is 412 g/mol. The second-order valence-electron chi connectivity index (χ2n) is 8.27. The number of benzene rings is 2. The molecule has 1 amide bonds. The lowest BCUT2D eigenvalue weighted by molar-refractivity contribution is -0.126. The minimum absolute atomic E-state index is 0.0278. The van der Waals surface area contributed by atoms with E-state index in [1.807, 2.05) is 17.2 Å². The highest BCUT2D eigenvalue weighted by molar-refractivity contribution is 6.01. The molecule has 0 spiro atoms. The van der Waals surface area contributed by atoms with Crippen molar-refractivity contribution in [3.8, 4) is 17.0 Å². The van der Waals surface area contributed by atoms with E-state index in [2.05, 4.69) is 60.9 Å². The SMILES string of the molecule is C=CC(=O)N1CCN(c2cc(OC)nc3cc(-c4cccc5cccc(C)c45)cnc23)CC1. The molecule has 4 aromatic rings. The molecule has 0 N–H and O–H groups in total. The zero-order valence-electron chi connectivity index (χ0n) is 18.9. The molecule has 0 aliphatic carbocycles. The number of fused-ring (bicyclic) bond motifs is 2. The van der Waals surface area contributed by atoms with E-state index in [0.717, 1.165) is 27.8 Å². The van der Waals surface area contributed by atoms with Crippen LogP contribution in [0.25, 0.3) is 32.9 Å². The molecule has 6 nitrogen and oxygen atoms in total. The number of hydrogen-bond donors (Lipinski definition) is 0. The maximum atomic E-state index is 12.0. The predicted octanol–water partition coefficient (Wildman–Crippen LogP) is 4.60. The Morgan fingerprint density at radius 3 is 2.58 bits per heavy atom. The monoisotopic (exact) mass is 438 g/mol. The van der Waals surface area contributed by atoms with Crippen molar-refractivity contribution < 1.29 is 9.53 Å². The first kappa shape index (κ1) is 20.9. The summed E-state index contributed by atoms with van der Waals surface area (Å²) in [7, 11) is 1.63. The number of aromatic nitrogens is 2. The summed E-state index contributed by atoms with van der Waals surface area (Å²) in [4.78, 5) is 25.6. The van der Waals surface area contributed by atoms with Gasteiger partial charge in [0.05, 0.1) is 18.3 Å². The summed E-state index contributed by atoms with van der Waals surface area (Å²) >= 11 is 0. The van der Waals surface area contributed by atoms with Crippen LogP contribution < -0.4 is 9.64 Å². The van der Waals surface area contributed by atoms with Crippen LogP contribution in [0.4, 0.5) is 5.69 Å². The molecule has 1 aliphatic heterocycles. The third kappa shape index (κ3) is 3.78. The van der Waals surface area contributed by atoms with Gasteiger partial charge in [0.25, 0.3) is 0 Å². The van der Waals surface area contributed by atoms with Crippen LogP contribution >= 0.6 is 0 Å². The molecule has 6 heteroatoms. The molecule has 0 bridgehead atoms. The van der Waals surface area contributed by atoms with Gasteiger partial charge in [-0.25, -0.2) is 4.98 Å². The van der Waals surface area contributed by atoms with Crippen molar-refractivity contribution in [2.75, 3.05) is 38.2 Å². The fourth-order valence-corrected chi connectivity index (χ4v) is 4.63. The van der Waals surface area contributed by atoms with Crippen LogP contribution in [0.5, 0.6) is 5.88 Å². The summed E-state index contributed by atoms with van der Waals surface area (Å²) in [6.45, 7) is 8.45. The Labute approximate surface area is 193 Å². The number of piperazine rings is 1. The molecule has 2 aromatic heterocycles. The summed E-state index contributed by atoms with van der Waals surface area (Å²) in [5.41, 5.74) is 5.99. The number of ether oxygens (including phenoxy) is 1. The van der Waals surface area contributed by atoms with Gasteiger partial charge in [-0.3, -0.25) is 9.78 Å². The molecule has 1 saturated heterocycles. The predicted molar refractivity (Wildman–Crippen MR) is 133 cm³/mol. The molecule has 0 unspecified atom stereocenters. The number of aryl methyl sites for hydroxylation is 1. The number of methoxy groups -OCH3 is 1. The van der Waals surface area contributed by atoms with Gasteiger partial charge >= 0.3 is 0 Å². The quantitative estimate of drug-likeness (QED) is 0.436. The van der Waals surface area contributed by atoms with E-state index in [1.165, 1.54) is 22.4 Å². The van der Waals surface area contributed by atoms with E-state index >= 15 is 0 Å². The average Bonchev–Trinajstić information content (AvgIpc) is 2.87. The van der Waals surface area contributed by atoms with Crippen molar-refractivity contribution in [2.24, 2.45) is 0 Å². The van der Waals surface area contributed by atoms with E-state index in [4.69, 9.17) is 14.7 Å². The maximum absolute atomic E-state index is 12.0. The van der Waals surface area contributed by atoms with Crippen LogP contribution in [-0.2, 0) is 4.79 Å². The first-order valence-corrected chi connectivity index (χ1v) is 11.1. The number of hydrogen-bond acceptors (Lipinski definition) is 5. The van der Waals surface area contributed by atoms with Crippen LogP contribution in [0, 0.1) is 6.92 Å². The Balaban J connectivity index is 1.58. The van der Waals surface area contributed by atoms with Crippen molar-refractivity contribution in [1.29, 1.82) is 0 Å². The second-order valence-corrected chi connectivity index (χ2v) is 8.27. The van der Waals surface area contributed by atoms with Crippen molar-refractivity contribution in [1.82, 2.24) is 14.9 Å². The zero-order chi connectivity index (χ0) is 22.9. The lowest BCUT2D eigenvalue weighted by Crippen LogP contribution is -2.48. The highest BCUT2D eigenvalue weighted by Gasteiger charge is 2.22. The Morgan fingerprint density at radius 1 is 1.09 bits per heavy atom. The van der Waals surface area contributed by atoms with E-state index in [9.17, 15) is 4.79 Å². The largest absolute Gasteiger partial charge is 0.481 e. The standard InChI is InChI=1S/C27H26N4O2/c1-4-25(32)31-13-11-30(12-14-31)23-16-24(33-3)29-22-15-20(17-28-27(22)23)21-10-6-9-19-8-5-7-18(2)26(19)21/h4-10,15-17H,1,11-14H2,2-3H3. The highest BCUT2D eigenvalue weighted by atomic mass is 16.5. The van der Waals surface area contributed by atoms with Gasteiger partial charge in [0.15, 0.2) is 0 Å². The Bertz CT molecular complexity index is 1370. The molecule has 3 heterocycles. The van der Waals surface area contributed by atoms with Gasteiger partial charge in [-0.15, -0.1) is 0 Å². The molecule has 5 rings (SSSR count). The van der Waals surface area contributed by atoms with Crippen LogP contribution in [0.15, 0.2) is 67.4 Å². The smallest absolute Gasteiger partial charge is 0.246 e.